The number of hydrogen-bond donors (Lipinski definition) is 1. The molecule has 0 radical (unpaired) electrons. The SMILES string of the molecule is Cc1cc(N2CCN(Cc3ccccc3)CC2)nc(NC2CCCC2)n1. The number of aryl methyl sites for hydroxylation is 1. The molecule has 1 saturated heterocycles. The number of nitrogens with zero attached hydrogens (tertiary/aromatic N) is 4. The van der Waals surface area contributed by atoms with Crippen molar-refractivity contribution in [2.24, 2.45) is 0 Å². The van der Waals surface area contributed by atoms with Crippen molar-refractivity contribution in [1.82, 2.24) is 14.9 Å². The molecule has 1 aromatic carbocycles. The second kappa shape index (κ2) is 8.04. The molecule has 0 atom stereocenters. The third-order valence-electron chi connectivity index (χ3n) is 5.47. The number of anilines is 2. The first kappa shape index (κ1) is 17.3. The lowest BCUT2D eigenvalue weighted by Crippen LogP contribution is -2.46. The van der Waals surface area contributed by atoms with Crippen molar-refractivity contribution < 1.29 is 0 Å². The van der Waals surface area contributed by atoms with Gasteiger partial charge in [0.1, 0.15) is 5.82 Å². The molecule has 0 unspecified atom stereocenters. The normalized spacial score (nSPS) is 19.0. The van der Waals surface area contributed by atoms with E-state index in [2.05, 4.69) is 63.4 Å². The molecule has 4 rings (SSSR count). The molecule has 2 aliphatic rings. The van der Waals surface area contributed by atoms with Crippen LogP contribution in [0.4, 0.5) is 11.8 Å². The largest absolute Gasteiger partial charge is 0.354 e. The molecule has 26 heavy (non-hydrogen) atoms. The predicted octanol–water partition coefficient (Wildman–Crippen LogP) is 3.46. The maximum Gasteiger partial charge on any atom is 0.225 e. The third-order valence-corrected chi connectivity index (χ3v) is 5.47. The van der Waals surface area contributed by atoms with E-state index >= 15 is 0 Å². The molecular weight excluding hydrogens is 322 g/mol. The fraction of sp³-hybridized carbons (Fsp3) is 0.524. The number of hydrogen-bond acceptors (Lipinski definition) is 5. The highest BCUT2D eigenvalue weighted by molar-refractivity contribution is 5.45. The summed E-state index contributed by atoms with van der Waals surface area (Å²) in [6, 6.07) is 13.4. The molecule has 5 nitrogen and oxygen atoms in total. The van der Waals surface area contributed by atoms with Crippen LogP contribution in [0.2, 0.25) is 0 Å². The second-order valence-electron chi connectivity index (χ2n) is 7.57. The van der Waals surface area contributed by atoms with Crippen LogP contribution in [0.25, 0.3) is 0 Å². The maximum atomic E-state index is 4.81. The second-order valence-corrected chi connectivity index (χ2v) is 7.57. The molecule has 1 N–H and O–H groups in total. The molecule has 0 amide bonds. The van der Waals surface area contributed by atoms with Gasteiger partial charge in [0.15, 0.2) is 0 Å². The summed E-state index contributed by atoms with van der Waals surface area (Å²) in [6.07, 6.45) is 5.12. The van der Waals surface area contributed by atoms with Gasteiger partial charge < -0.3 is 10.2 Å². The summed E-state index contributed by atoms with van der Waals surface area (Å²) in [5.74, 6) is 1.87. The molecule has 1 aliphatic heterocycles. The van der Waals surface area contributed by atoms with E-state index in [1.165, 1.54) is 31.2 Å². The molecule has 0 spiro atoms. The Hall–Kier alpha value is -2.14. The molecule has 2 fully saturated rings. The van der Waals surface area contributed by atoms with Gasteiger partial charge in [-0.1, -0.05) is 43.2 Å². The van der Waals surface area contributed by atoms with Crippen LogP contribution in [0.1, 0.15) is 36.9 Å². The highest BCUT2D eigenvalue weighted by atomic mass is 15.3. The lowest BCUT2D eigenvalue weighted by Gasteiger charge is -2.35. The Morgan fingerprint density at radius 1 is 1.00 bits per heavy atom. The molecule has 5 heteroatoms. The van der Waals surface area contributed by atoms with Crippen molar-refractivity contribution >= 4 is 11.8 Å². The molecule has 1 saturated carbocycles. The van der Waals surface area contributed by atoms with E-state index in [-0.39, 0.29) is 0 Å². The summed E-state index contributed by atoms with van der Waals surface area (Å²) in [5.41, 5.74) is 2.43. The Kier molecular flexibility index (Phi) is 5.34. The average Bonchev–Trinajstić information content (AvgIpc) is 3.16. The molecule has 138 valence electrons. The first-order chi connectivity index (χ1) is 12.8. The van der Waals surface area contributed by atoms with Gasteiger partial charge in [-0.3, -0.25) is 4.90 Å². The minimum atomic E-state index is 0.548. The highest BCUT2D eigenvalue weighted by Crippen LogP contribution is 2.23. The topological polar surface area (TPSA) is 44.3 Å². The van der Waals surface area contributed by atoms with Crippen molar-refractivity contribution in [3.05, 3.63) is 47.7 Å². The molecule has 2 heterocycles. The lowest BCUT2D eigenvalue weighted by atomic mass is 10.2. The van der Waals surface area contributed by atoms with E-state index in [0.29, 0.717) is 6.04 Å². The lowest BCUT2D eigenvalue weighted by molar-refractivity contribution is 0.249. The van der Waals surface area contributed by atoms with Crippen molar-refractivity contribution in [3.8, 4) is 0 Å². The predicted molar refractivity (Wildman–Crippen MR) is 107 cm³/mol. The molecule has 1 aliphatic carbocycles. The van der Waals surface area contributed by atoms with Crippen LogP contribution in [0, 0.1) is 6.92 Å². The van der Waals surface area contributed by atoms with Gasteiger partial charge in [0.2, 0.25) is 5.95 Å². The van der Waals surface area contributed by atoms with Gasteiger partial charge in [0.05, 0.1) is 0 Å². The quantitative estimate of drug-likeness (QED) is 0.894. The van der Waals surface area contributed by atoms with Crippen molar-refractivity contribution in [2.75, 3.05) is 36.4 Å². The van der Waals surface area contributed by atoms with E-state index in [4.69, 9.17) is 4.98 Å². The van der Waals surface area contributed by atoms with Crippen LogP contribution in [0.5, 0.6) is 0 Å². The molecular formula is C21H29N5. The highest BCUT2D eigenvalue weighted by Gasteiger charge is 2.20. The zero-order chi connectivity index (χ0) is 17.8. The van der Waals surface area contributed by atoms with Crippen molar-refractivity contribution in [2.45, 2.75) is 45.2 Å². The monoisotopic (exact) mass is 351 g/mol. The van der Waals surface area contributed by atoms with Gasteiger partial charge in [-0.2, -0.15) is 4.98 Å². The van der Waals surface area contributed by atoms with Gasteiger partial charge in [-0.05, 0) is 25.3 Å². The number of rotatable bonds is 5. The standard InChI is InChI=1S/C21H29N5/c1-17-15-20(24-21(22-17)23-19-9-5-6-10-19)26-13-11-25(12-14-26)16-18-7-3-2-4-8-18/h2-4,7-8,15,19H,5-6,9-14,16H2,1H3,(H,22,23,24). The number of benzene rings is 1. The van der Waals surface area contributed by atoms with E-state index in [1.807, 2.05) is 0 Å². The van der Waals surface area contributed by atoms with Crippen molar-refractivity contribution in [3.63, 3.8) is 0 Å². The van der Waals surface area contributed by atoms with Gasteiger partial charge in [0.25, 0.3) is 0 Å². The number of nitrogens with one attached hydrogen (secondary N) is 1. The van der Waals surface area contributed by atoms with Gasteiger partial charge in [0, 0.05) is 50.5 Å². The summed E-state index contributed by atoms with van der Waals surface area (Å²) >= 11 is 0. The molecule has 0 bridgehead atoms. The van der Waals surface area contributed by atoms with Crippen LogP contribution in [-0.2, 0) is 6.54 Å². The Bertz CT molecular complexity index is 704. The van der Waals surface area contributed by atoms with Gasteiger partial charge in [-0.25, -0.2) is 4.98 Å². The Labute approximate surface area is 156 Å². The Morgan fingerprint density at radius 3 is 2.46 bits per heavy atom. The van der Waals surface area contributed by atoms with E-state index < -0.39 is 0 Å². The van der Waals surface area contributed by atoms with E-state index in [9.17, 15) is 0 Å². The van der Waals surface area contributed by atoms with E-state index in [0.717, 1.165) is 50.2 Å². The molecule has 1 aromatic heterocycles. The van der Waals surface area contributed by atoms with Crippen LogP contribution in [0.3, 0.4) is 0 Å². The summed E-state index contributed by atoms with van der Waals surface area (Å²) < 4.78 is 0. The van der Waals surface area contributed by atoms with Crippen LogP contribution in [-0.4, -0.2) is 47.1 Å². The first-order valence-corrected chi connectivity index (χ1v) is 9.90. The number of piperazine rings is 1. The van der Waals surface area contributed by atoms with Crippen LogP contribution < -0.4 is 10.2 Å². The smallest absolute Gasteiger partial charge is 0.225 e. The number of aromatic nitrogens is 2. The third kappa shape index (κ3) is 4.33. The first-order valence-electron chi connectivity index (χ1n) is 9.90. The zero-order valence-corrected chi connectivity index (χ0v) is 15.7. The fourth-order valence-corrected chi connectivity index (χ4v) is 4.01. The summed E-state index contributed by atoms with van der Waals surface area (Å²) in [4.78, 5) is 14.3. The Morgan fingerprint density at radius 2 is 1.73 bits per heavy atom. The summed E-state index contributed by atoms with van der Waals surface area (Å²) in [6.45, 7) is 7.29. The zero-order valence-electron chi connectivity index (χ0n) is 15.7. The maximum absolute atomic E-state index is 4.81. The van der Waals surface area contributed by atoms with Gasteiger partial charge >= 0.3 is 0 Å². The van der Waals surface area contributed by atoms with Crippen molar-refractivity contribution in [1.29, 1.82) is 0 Å². The van der Waals surface area contributed by atoms with Crippen LogP contribution >= 0.6 is 0 Å². The minimum Gasteiger partial charge on any atom is -0.354 e. The van der Waals surface area contributed by atoms with Gasteiger partial charge in [-0.15, -0.1) is 0 Å². The summed E-state index contributed by atoms with van der Waals surface area (Å²) in [7, 11) is 0. The van der Waals surface area contributed by atoms with Crippen LogP contribution in [0.15, 0.2) is 36.4 Å². The Balaban J connectivity index is 1.37. The fourth-order valence-electron chi connectivity index (χ4n) is 4.01. The minimum absolute atomic E-state index is 0.548. The molecule has 2 aromatic rings. The summed E-state index contributed by atoms with van der Waals surface area (Å²) in [5, 5.41) is 3.54. The van der Waals surface area contributed by atoms with E-state index in [1.54, 1.807) is 0 Å². The average molecular weight is 351 g/mol.